The Labute approximate surface area is 102 Å². The van der Waals surface area contributed by atoms with Gasteiger partial charge in [0, 0.05) is 6.54 Å². The summed E-state index contributed by atoms with van der Waals surface area (Å²) in [5, 5.41) is 2.73. The van der Waals surface area contributed by atoms with E-state index in [1.54, 1.807) is 0 Å². The summed E-state index contributed by atoms with van der Waals surface area (Å²) in [6.07, 6.45) is 0. The number of hydrogen-bond donors (Lipinski definition) is 2. The number of amides is 1. The number of anilines is 1. The van der Waals surface area contributed by atoms with Crippen molar-refractivity contribution in [2.75, 3.05) is 11.9 Å². The summed E-state index contributed by atoms with van der Waals surface area (Å²) >= 11 is 3.36. The van der Waals surface area contributed by atoms with Crippen molar-refractivity contribution in [2.24, 2.45) is 5.73 Å². The van der Waals surface area contributed by atoms with Crippen LogP contribution in [0.1, 0.15) is 5.56 Å². The Balaban J connectivity index is 0.00000112. The minimum Gasteiger partial charge on any atom is -0.480 e. The van der Waals surface area contributed by atoms with Crippen LogP contribution in [0.3, 0.4) is 0 Å². The fraction of sp³-hybridized carbons (Fsp3) is 0.222. The van der Waals surface area contributed by atoms with Gasteiger partial charge in [-0.25, -0.2) is 0 Å². The maximum Gasteiger partial charge on any atom is 0.262 e. The molecule has 1 heterocycles. The molecule has 82 valence electrons. The van der Waals surface area contributed by atoms with Gasteiger partial charge in [0.25, 0.3) is 5.91 Å². The summed E-state index contributed by atoms with van der Waals surface area (Å²) in [5.74, 6) is 0.528. The van der Waals surface area contributed by atoms with Crippen molar-refractivity contribution in [3.05, 3.63) is 22.2 Å². The summed E-state index contributed by atoms with van der Waals surface area (Å²) in [6, 6.07) is 3.70. The highest BCUT2D eigenvalue weighted by Gasteiger charge is 2.18. The summed E-state index contributed by atoms with van der Waals surface area (Å²) in [6.45, 7) is 0.495. The molecular formula is C9H10BrClN2O2. The second kappa shape index (κ2) is 4.83. The predicted molar refractivity (Wildman–Crippen MR) is 63.4 cm³/mol. The first kappa shape index (κ1) is 12.3. The van der Waals surface area contributed by atoms with E-state index in [1.165, 1.54) is 0 Å². The molecule has 0 fully saturated rings. The number of carbonyl (C=O) groups excluding carboxylic acids is 1. The molecule has 0 radical (unpaired) electrons. The zero-order chi connectivity index (χ0) is 10.1. The predicted octanol–water partition coefficient (Wildman–Crippen LogP) is 1.66. The van der Waals surface area contributed by atoms with Gasteiger partial charge in [-0.2, -0.15) is 0 Å². The largest absolute Gasteiger partial charge is 0.480 e. The van der Waals surface area contributed by atoms with Gasteiger partial charge < -0.3 is 15.8 Å². The first-order valence-corrected chi connectivity index (χ1v) is 4.95. The van der Waals surface area contributed by atoms with Gasteiger partial charge in [-0.1, -0.05) is 0 Å². The fourth-order valence-electron chi connectivity index (χ4n) is 1.33. The van der Waals surface area contributed by atoms with Crippen molar-refractivity contribution in [3.63, 3.8) is 0 Å². The second-order valence-electron chi connectivity index (χ2n) is 3.00. The number of nitrogens with two attached hydrogens (primary N) is 1. The zero-order valence-corrected chi connectivity index (χ0v) is 10.2. The minimum absolute atomic E-state index is 0. The third kappa shape index (κ3) is 2.42. The Bertz CT molecular complexity index is 398. The molecule has 0 atom stereocenters. The Hall–Kier alpha value is -0.780. The molecule has 0 spiro atoms. The Morgan fingerprint density at radius 1 is 1.53 bits per heavy atom. The van der Waals surface area contributed by atoms with Crippen LogP contribution in [-0.4, -0.2) is 12.5 Å². The maximum atomic E-state index is 11.1. The Kier molecular flexibility index (Phi) is 3.96. The van der Waals surface area contributed by atoms with Crippen LogP contribution in [0.2, 0.25) is 0 Å². The van der Waals surface area contributed by atoms with Crippen molar-refractivity contribution in [3.8, 4) is 5.75 Å². The molecule has 1 aliphatic heterocycles. The quantitative estimate of drug-likeness (QED) is 0.828. The van der Waals surface area contributed by atoms with E-state index in [2.05, 4.69) is 21.2 Å². The van der Waals surface area contributed by atoms with Crippen LogP contribution in [-0.2, 0) is 11.3 Å². The van der Waals surface area contributed by atoms with Crippen LogP contribution in [0.15, 0.2) is 16.6 Å². The summed E-state index contributed by atoms with van der Waals surface area (Å²) < 4.78 is 6.08. The normalized spacial score (nSPS) is 13.3. The third-order valence-corrected chi connectivity index (χ3v) is 2.55. The molecule has 0 aromatic heterocycles. The van der Waals surface area contributed by atoms with E-state index in [0.29, 0.717) is 18.0 Å². The lowest BCUT2D eigenvalue weighted by atomic mass is 10.1. The minimum atomic E-state index is -0.140. The topological polar surface area (TPSA) is 64.3 Å². The van der Waals surface area contributed by atoms with Crippen LogP contribution in [0.25, 0.3) is 0 Å². The van der Waals surface area contributed by atoms with Crippen molar-refractivity contribution >= 4 is 39.9 Å². The molecule has 0 saturated heterocycles. The van der Waals surface area contributed by atoms with E-state index in [1.807, 2.05) is 12.1 Å². The average Bonchev–Trinajstić information content (AvgIpc) is 2.16. The van der Waals surface area contributed by atoms with Crippen molar-refractivity contribution in [1.29, 1.82) is 0 Å². The van der Waals surface area contributed by atoms with Crippen LogP contribution in [0.4, 0.5) is 5.69 Å². The van der Waals surface area contributed by atoms with Gasteiger partial charge in [-0.15, -0.1) is 12.4 Å². The molecule has 2 rings (SSSR count). The monoisotopic (exact) mass is 292 g/mol. The molecule has 3 N–H and O–H groups in total. The van der Waals surface area contributed by atoms with Gasteiger partial charge in [0.2, 0.25) is 0 Å². The van der Waals surface area contributed by atoms with Gasteiger partial charge in [-0.05, 0) is 33.6 Å². The third-order valence-electron chi connectivity index (χ3n) is 1.96. The van der Waals surface area contributed by atoms with Crippen molar-refractivity contribution < 1.29 is 9.53 Å². The van der Waals surface area contributed by atoms with Crippen LogP contribution >= 0.6 is 28.3 Å². The number of hydrogen-bond acceptors (Lipinski definition) is 3. The van der Waals surface area contributed by atoms with E-state index in [4.69, 9.17) is 10.5 Å². The molecule has 1 aliphatic rings. The molecule has 4 nitrogen and oxygen atoms in total. The number of fused-ring (bicyclic) bond motifs is 1. The number of benzene rings is 1. The fourth-order valence-corrected chi connectivity index (χ4v) is 1.95. The highest BCUT2D eigenvalue weighted by atomic mass is 79.9. The van der Waals surface area contributed by atoms with Crippen LogP contribution in [0.5, 0.6) is 5.75 Å². The Morgan fingerprint density at radius 3 is 2.93 bits per heavy atom. The molecule has 0 unspecified atom stereocenters. The van der Waals surface area contributed by atoms with Gasteiger partial charge in [0.05, 0.1) is 10.2 Å². The standard InChI is InChI=1S/C9H9BrN2O2.ClH/c10-6-1-5(3-11)2-7-9(6)14-4-8(13)12-7;/h1-2H,3-4,11H2,(H,12,13);1H. The maximum absolute atomic E-state index is 11.1. The molecule has 15 heavy (non-hydrogen) atoms. The van der Waals surface area contributed by atoms with E-state index < -0.39 is 0 Å². The molecule has 0 bridgehead atoms. The highest BCUT2D eigenvalue weighted by Crippen LogP contribution is 2.36. The van der Waals surface area contributed by atoms with E-state index in [-0.39, 0.29) is 24.9 Å². The zero-order valence-electron chi connectivity index (χ0n) is 7.75. The number of rotatable bonds is 1. The number of ether oxygens (including phenoxy) is 1. The van der Waals surface area contributed by atoms with Crippen LogP contribution in [0, 0.1) is 0 Å². The van der Waals surface area contributed by atoms with Gasteiger partial charge >= 0.3 is 0 Å². The van der Waals surface area contributed by atoms with Gasteiger partial charge in [0.15, 0.2) is 12.4 Å². The van der Waals surface area contributed by atoms with Gasteiger partial charge in [0.1, 0.15) is 0 Å². The molecular weight excluding hydrogens is 283 g/mol. The van der Waals surface area contributed by atoms with Gasteiger partial charge in [-0.3, -0.25) is 4.79 Å². The van der Waals surface area contributed by atoms with E-state index >= 15 is 0 Å². The first-order valence-electron chi connectivity index (χ1n) is 4.16. The van der Waals surface area contributed by atoms with Crippen molar-refractivity contribution in [2.45, 2.75) is 6.54 Å². The molecule has 0 aliphatic carbocycles. The number of nitrogens with one attached hydrogen (secondary N) is 1. The van der Waals surface area contributed by atoms with Crippen LogP contribution < -0.4 is 15.8 Å². The molecule has 6 heteroatoms. The molecule has 0 saturated carbocycles. The number of carbonyl (C=O) groups is 1. The van der Waals surface area contributed by atoms with E-state index in [0.717, 1.165) is 10.0 Å². The number of halogens is 2. The SMILES string of the molecule is Cl.NCc1cc(Br)c2c(c1)NC(=O)CO2. The molecule has 1 aromatic rings. The highest BCUT2D eigenvalue weighted by molar-refractivity contribution is 9.10. The Morgan fingerprint density at radius 2 is 2.27 bits per heavy atom. The smallest absolute Gasteiger partial charge is 0.262 e. The lowest BCUT2D eigenvalue weighted by Gasteiger charge is -2.19. The lowest BCUT2D eigenvalue weighted by Crippen LogP contribution is -2.25. The lowest BCUT2D eigenvalue weighted by molar-refractivity contribution is -0.118. The summed E-state index contributed by atoms with van der Waals surface area (Å²) in [4.78, 5) is 11.1. The summed E-state index contributed by atoms with van der Waals surface area (Å²) in [5.41, 5.74) is 7.13. The first-order chi connectivity index (χ1) is 6.70. The molecule has 1 aromatic carbocycles. The molecule has 1 amide bonds. The van der Waals surface area contributed by atoms with Crippen molar-refractivity contribution in [1.82, 2.24) is 0 Å². The second-order valence-corrected chi connectivity index (χ2v) is 3.85. The van der Waals surface area contributed by atoms with E-state index in [9.17, 15) is 4.79 Å². The average molecular weight is 294 g/mol. The summed E-state index contributed by atoms with van der Waals surface area (Å²) in [7, 11) is 0.